The maximum absolute atomic E-state index is 13.8. The van der Waals surface area contributed by atoms with Gasteiger partial charge in [-0.1, -0.05) is 43.2 Å². The molecule has 0 unspecified atom stereocenters. The van der Waals surface area contributed by atoms with Crippen molar-refractivity contribution < 1.29 is 19.5 Å². The molecule has 32 heavy (non-hydrogen) atoms. The molecular weight excluding hydrogens is 406 g/mol. The molecule has 2 aromatic carbocycles. The molecule has 3 N–H and O–H groups in total. The first-order valence-electron chi connectivity index (χ1n) is 11.3. The Morgan fingerprint density at radius 2 is 1.69 bits per heavy atom. The molecule has 1 aliphatic carbocycles. The van der Waals surface area contributed by atoms with Crippen molar-refractivity contribution in [2.24, 2.45) is 11.8 Å². The molecule has 0 bridgehead atoms. The number of hydrogen-bond donors (Lipinski definition) is 3. The second-order valence-electron chi connectivity index (χ2n) is 9.42. The van der Waals surface area contributed by atoms with Crippen molar-refractivity contribution in [2.75, 3.05) is 5.32 Å². The third kappa shape index (κ3) is 2.54. The van der Waals surface area contributed by atoms with E-state index in [4.69, 9.17) is 0 Å². The van der Waals surface area contributed by atoms with Crippen molar-refractivity contribution >= 4 is 23.4 Å². The van der Waals surface area contributed by atoms with Gasteiger partial charge in [-0.3, -0.25) is 24.6 Å². The van der Waals surface area contributed by atoms with E-state index in [-0.39, 0.29) is 35.6 Å². The van der Waals surface area contributed by atoms with Crippen molar-refractivity contribution in [2.45, 2.75) is 49.7 Å². The fourth-order valence-electron chi connectivity index (χ4n) is 6.36. The number of imide groups is 1. The molecule has 2 saturated heterocycles. The highest BCUT2D eigenvalue weighted by Gasteiger charge is 2.70. The number of nitrogens with one attached hydrogen (secondary N) is 2. The van der Waals surface area contributed by atoms with Crippen LogP contribution in [0.2, 0.25) is 0 Å². The zero-order chi connectivity index (χ0) is 22.0. The van der Waals surface area contributed by atoms with Gasteiger partial charge in [0.05, 0.1) is 11.8 Å². The normalized spacial score (nSPS) is 31.4. The van der Waals surface area contributed by atoms with Crippen LogP contribution >= 0.6 is 0 Å². The van der Waals surface area contributed by atoms with Crippen molar-refractivity contribution in [3.8, 4) is 5.75 Å². The van der Waals surface area contributed by atoms with E-state index in [9.17, 15) is 19.5 Å². The fraction of sp³-hybridized carbons (Fsp3) is 0.400. The number of benzene rings is 2. The summed E-state index contributed by atoms with van der Waals surface area (Å²) in [6, 6.07) is 13.8. The van der Waals surface area contributed by atoms with Gasteiger partial charge < -0.3 is 10.4 Å². The second kappa shape index (κ2) is 6.90. The number of fused-ring (bicyclic) bond motifs is 4. The molecule has 164 valence electrons. The topological polar surface area (TPSA) is 98.7 Å². The molecule has 3 fully saturated rings. The average molecular weight is 431 g/mol. The third-order valence-corrected chi connectivity index (χ3v) is 7.74. The zero-order valence-corrected chi connectivity index (χ0v) is 17.6. The number of para-hydroxylation sites is 1. The summed E-state index contributed by atoms with van der Waals surface area (Å²) in [6.45, 7) is 0. The van der Waals surface area contributed by atoms with Gasteiger partial charge in [0.2, 0.25) is 17.7 Å². The number of carbonyl (C=O) groups is 3. The highest BCUT2D eigenvalue weighted by Crippen LogP contribution is 2.54. The summed E-state index contributed by atoms with van der Waals surface area (Å²) in [4.78, 5) is 42.4. The van der Waals surface area contributed by atoms with E-state index in [0.29, 0.717) is 12.1 Å². The SMILES string of the molecule is O=C1[C@@H]2[C@@H](Cc3ccc(O)cc3)N[C@@]3(C(=O)Nc4ccccc43)[C@H]2C(=O)N1C1CCCC1. The fourth-order valence-corrected chi connectivity index (χ4v) is 6.36. The van der Waals surface area contributed by atoms with Gasteiger partial charge in [0.25, 0.3) is 0 Å². The molecular formula is C25H25N3O4. The molecule has 6 rings (SSSR count). The highest BCUT2D eigenvalue weighted by molar-refractivity contribution is 6.15. The predicted octanol–water partition coefficient (Wildman–Crippen LogP) is 2.30. The molecule has 0 radical (unpaired) electrons. The van der Waals surface area contributed by atoms with Crippen LogP contribution in [0, 0.1) is 11.8 Å². The van der Waals surface area contributed by atoms with Gasteiger partial charge in [0.15, 0.2) is 0 Å². The van der Waals surface area contributed by atoms with Gasteiger partial charge in [-0.2, -0.15) is 0 Å². The Balaban J connectivity index is 1.46. The summed E-state index contributed by atoms with van der Waals surface area (Å²) in [5, 5.41) is 16.0. The minimum absolute atomic E-state index is 0.0633. The van der Waals surface area contributed by atoms with Crippen LogP contribution in [0.3, 0.4) is 0 Å². The van der Waals surface area contributed by atoms with Crippen LogP contribution in [0.15, 0.2) is 48.5 Å². The maximum atomic E-state index is 13.8. The minimum Gasteiger partial charge on any atom is -0.508 e. The number of rotatable bonds is 3. The van der Waals surface area contributed by atoms with Gasteiger partial charge in [-0.05, 0) is 43.0 Å². The largest absolute Gasteiger partial charge is 0.508 e. The minimum atomic E-state index is -1.25. The van der Waals surface area contributed by atoms with E-state index in [2.05, 4.69) is 10.6 Å². The maximum Gasteiger partial charge on any atom is 0.250 e. The Morgan fingerprint density at radius 1 is 0.969 bits per heavy atom. The quantitative estimate of drug-likeness (QED) is 0.648. The molecule has 4 atom stereocenters. The number of phenols is 1. The standard InChI is InChI=1S/C25H25N3O4/c29-16-11-9-14(10-12-16)13-19-20-21(23(31)28(22(20)30)15-5-1-2-6-15)25(27-19)17-7-3-4-8-18(17)26-24(25)32/h3-4,7-12,15,19-21,27,29H,1-2,5-6,13H2,(H,26,32)/t19-,20-,21-,25-/m1/s1. The molecule has 3 aliphatic heterocycles. The van der Waals surface area contributed by atoms with Crippen LogP contribution in [0.1, 0.15) is 36.8 Å². The van der Waals surface area contributed by atoms with E-state index in [0.717, 1.165) is 36.8 Å². The Morgan fingerprint density at radius 3 is 2.44 bits per heavy atom. The monoisotopic (exact) mass is 431 g/mol. The van der Waals surface area contributed by atoms with E-state index < -0.39 is 17.4 Å². The molecule has 3 heterocycles. The average Bonchev–Trinajstić information content (AvgIpc) is 3.52. The number of amides is 3. The Hall–Kier alpha value is -3.19. The van der Waals surface area contributed by atoms with Gasteiger partial charge in [-0.15, -0.1) is 0 Å². The number of likely N-dealkylation sites (tertiary alicyclic amines) is 1. The molecule has 7 nitrogen and oxygen atoms in total. The number of phenolic OH excluding ortho intramolecular Hbond substituents is 1. The van der Waals surface area contributed by atoms with Gasteiger partial charge in [0, 0.05) is 23.3 Å². The second-order valence-corrected chi connectivity index (χ2v) is 9.42. The lowest BCUT2D eigenvalue weighted by Crippen LogP contribution is -2.54. The van der Waals surface area contributed by atoms with Crippen LogP contribution in [-0.2, 0) is 26.3 Å². The Kier molecular flexibility index (Phi) is 4.21. The summed E-state index contributed by atoms with van der Waals surface area (Å²) in [5.74, 6) is -1.84. The van der Waals surface area contributed by atoms with Crippen LogP contribution in [-0.4, -0.2) is 39.8 Å². The number of carbonyl (C=O) groups excluding carboxylic acids is 3. The summed E-state index contributed by atoms with van der Waals surface area (Å²) in [6.07, 6.45) is 4.18. The molecule has 4 aliphatic rings. The lowest BCUT2D eigenvalue weighted by molar-refractivity contribution is -0.145. The number of hydrogen-bond acceptors (Lipinski definition) is 5. The highest BCUT2D eigenvalue weighted by atomic mass is 16.3. The van der Waals surface area contributed by atoms with Crippen molar-refractivity contribution in [1.82, 2.24) is 10.2 Å². The zero-order valence-electron chi connectivity index (χ0n) is 17.6. The van der Waals surface area contributed by atoms with Gasteiger partial charge in [0.1, 0.15) is 11.3 Å². The summed E-state index contributed by atoms with van der Waals surface area (Å²) in [5.41, 5.74) is 1.11. The number of anilines is 1. The molecule has 2 aromatic rings. The van der Waals surface area contributed by atoms with Crippen LogP contribution in [0.4, 0.5) is 5.69 Å². The van der Waals surface area contributed by atoms with Crippen LogP contribution < -0.4 is 10.6 Å². The molecule has 1 saturated carbocycles. The molecule has 7 heteroatoms. The number of aromatic hydroxyl groups is 1. The van der Waals surface area contributed by atoms with Crippen molar-refractivity contribution in [3.63, 3.8) is 0 Å². The lowest BCUT2D eigenvalue weighted by Gasteiger charge is -2.31. The predicted molar refractivity (Wildman–Crippen MR) is 117 cm³/mol. The van der Waals surface area contributed by atoms with Gasteiger partial charge >= 0.3 is 0 Å². The van der Waals surface area contributed by atoms with E-state index in [1.165, 1.54) is 4.90 Å². The van der Waals surface area contributed by atoms with E-state index in [1.807, 2.05) is 36.4 Å². The Bertz CT molecular complexity index is 1120. The van der Waals surface area contributed by atoms with Crippen molar-refractivity contribution in [1.29, 1.82) is 0 Å². The van der Waals surface area contributed by atoms with Crippen LogP contribution in [0.5, 0.6) is 5.75 Å². The first-order valence-corrected chi connectivity index (χ1v) is 11.3. The van der Waals surface area contributed by atoms with Crippen LogP contribution in [0.25, 0.3) is 0 Å². The smallest absolute Gasteiger partial charge is 0.250 e. The van der Waals surface area contributed by atoms with Gasteiger partial charge in [-0.25, -0.2) is 0 Å². The first-order chi connectivity index (χ1) is 15.5. The van der Waals surface area contributed by atoms with E-state index in [1.54, 1.807) is 12.1 Å². The Labute approximate surface area is 185 Å². The first kappa shape index (κ1) is 19.5. The lowest BCUT2D eigenvalue weighted by atomic mass is 9.76. The number of nitrogens with zero attached hydrogens (tertiary/aromatic N) is 1. The molecule has 3 amide bonds. The summed E-state index contributed by atoms with van der Waals surface area (Å²) in [7, 11) is 0. The molecule has 1 spiro atoms. The van der Waals surface area contributed by atoms with Crippen molar-refractivity contribution in [3.05, 3.63) is 59.7 Å². The summed E-state index contributed by atoms with van der Waals surface area (Å²) < 4.78 is 0. The van der Waals surface area contributed by atoms with E-state index >= 15 is 0 Å². The molecule has 0 aromatic heterocycles. The third-order valence-electron chi connectivity index (χ3n) is 7.74. The summed E-state index contributed by atoms with van der Waals surface area (Å²) >= 11 is 0.